The van der Waals surface area contributed by atoms with Crippen LogP contribution in [0.4, 0.5) is 0 Å². The fraction of sp³-hybridized carbons (Fsp3) is 0. The van der Waals surface area contributed by atoms with Crippen LogP contribution in [0, 0.1) is 0 Å². The first-order chi connectivity index (χ1) is 24.8. The molecule has 0 amide bonds. The third-order valence-electron chi connectivity index (χ3n) is 9.63. The summed E-state index contributed by atoms with van der Waals surface area (Å²) in [5, 5.41) is 4.86. The van der Waals surface area contributed by atoms with Crippen LogP contribution in [-0.4, -0.2) is 14.5 Å². The van der Waals surface area contributed by atoms with Crippen molar-refractivity contribution in [2.24, 2.45) is 0 Å². The molecular weight excluding hydrogens is 627 g/mol. The maximum Gasteiger partial charge on any atom is 0.161 e. The third kappa shape index (κ3) is 4.65. The zero-order chi connectivity index (χ0) is 33.0. The molecule has 3 heterocycles. The zero-order valence-electron chi connectivity index (χ0n) is 27.0. The van der Waals surface area contributed by atoms with Gasteiger partial charge in [-0.2, -0.15) is 0 Å². The Morgan fingerprint density at radius 3 is 1.74 bits per heavy atom. The number of para-hydroxylation sites is 2. The van der Waals surface area contributed by atoms with E-state index in [1.807, 2.05) is 23.5 Å². The molecule has 3 aromatic heterocycles. The molecule has 0 spiro atoms. The SMILES string of the molecule is c1ccc(-c2cc(-c3ccccc3)nc(-c3c(-c4ccc5c(c4)c4ccccc4n5-c4ccccc4)ccc4sc5ccccc5c34)n2)cc1. The molecule has 0 atom stereocenters. The number of hydrogen-bond donors (Lipinski definition) is 0. The Kier molecular flexibility index (Phi) is 6.68. The summed E-state index contributed by atoms with van der Waals surface area (Å²) >= 11 is 1.82. The Morgan fingerprint density at radius 1 is 0.420 bits per heavy atom. The van der Waals surface area contributed by atoms with Crippen molar-refractivity contribution in [2.75, 3.05) is 0 Å². The number of rotatable bonds is 5. The number of thiophene rings is 1. The summed E-state index contributed by atoms with van der Waals surface area (Å²) in [7, 11) is 0. The van der Waals surface area contributed by atoms with Crippen LogP contribution in [-0.2, 0) is 0 Å². The number of benzene rings is 7. The molecule has 50 heavy (non-hydrogen) atoms. The molecule has 0 aliphatic carbocycles. The molecule has 7 aromatic carbocycles. The van der Waals surface area contributed by atoms with Gasteiger partial charge in [0.05, 0.1) is 22.4 Å². The molecule has 4 heteroatoms. The standard InChI is InChI=1S/C46H29N3S/c1-4-14-30(15-5-1)38-29-39(31-16-6-2-7-17-31)48-46(47-38)45-34(25-27-43-44(45)36-21-11-13-23-42(36)50-43)32-24-26-41-37(28-32)35-20-10-12-22-40(35)49(41)33-18-8-3-9-19-33/h1-29H. The molecule has 0 unspecified atom stereocenters. The summed E-state index contributed by atoms with van der Waals surface area (Å²) in [6.07, 6.45) is 0. The van der Waals surface area contributed by atoms with Gasteiger partial charge in [0.25, 0.3) is 0 Å². The Labute approximate surface area is 293 Å². The van der Waals surface area contributed by atoms with Crippen molar-refractivity contribution in [2.45, 2.75) is 0 Å². The second-order valence-corrected chi connectivity index (χ2v) is 13.7. The molecule has 0 bridgehead atoms. The number of fused-ring (bicyclic) bond motifs is 6. The second kappa shape index (κ2) is 11.7. The summed E-state index contributed by atoms with van der Waals surface area (Å²) in [4.78, 5) is 10.7. The lowest BCUT2D eigenvalue weighted by molar-refractivity contribution is 1.18. The highest BCUT2D eigenvalue weighted by molar-refractivity contribution is 7.26. The predicted octanol–water partition coefficient (Wildman–Crippen LogP) is 12.6. The normalized spacial score (nSPS) is 11.6. The first kappa shape index (κ1) is 28.6. The molecule has 234 valence electrons. The molecule has 0 aliphatic rings. The molecule has 10 rings (SSSR count). The van der Waals surface area contributed by atoms with Crippen LogP contribution in [0.2, 0.25) is 0 Å². The minimum atomic E-state index is 0.723. The van der Waals surface area contributed by atoms with Gasteiger partial charge in [-0.3, -0.25) is 0 Å². The van der Waals surface area contributed by atoms with E-state index >= 15 is 0 Å². The second-order valence-electron chi connectivity index (χ2n) is 12.6. The Bertz CT molecular complexity index is 2800. The Hall–Kier alpha value is -6.36. The molecule has 3 nitrogen and oxygen atoms in total. The van der Waals surface area contributed by atoms with Crippen LogP contribution in [0.25, 0.3) is 92.7 Å². The lowest BCUT2D eigenvalue weighted by Crippen LogP contribution is -1.98. The van der Waals surface area contributed by atoms with Gasteiger partial charge in [-0.05, 0) is 59.7 Å². The molecule has 10 aromatic rings. The van der Waals surface area contributed by atoms with E-state index in [4.69, 9.17) is 9.97 Å². The van der Waals surface area contributed by atoms with E-state index in [-0.39, 0.29) is 0 Å². The van der Waals surface area contributed by atoms with Gasteiger partial charge in [0.2, 0.25) is 0 Å². The smallest absolute Gasteiger partial charge is 0.161 e. The van der Waals surface area contributed by atoms with Gasteiger partial charge >= 0.3 is 0 Å². The lowest BCUT2D eigenvalue weighted by atomic mass is 9.93. The van der Waals surface area contributed by atoms with Crippen LogP contribution in [0.15, 0.2) is 176 Å². The number of nitrogens with zero attached hydrogens (tertiary/aromatic N) is 3. The van der Waals surface area contributed by atoms with E-state index in [0.29, 0.717) is 0 Å². The van der Waals surface area contributed by atoms with Crippen molar-refractivity contribution >= 4 is 53.3 Å². The quantitative estimate of drug-likeness (QED) is 0.185. The highest BCUT2D eigenvalue weighted by Crippen LogP contribution is 2.46. The maximum absolute atomic E-state index is 5.37. The van der Waals surface area contributed by atoms with Gasteiger partial charge in [-0.15, -0.1) is 11.3 Å². The fourth-order valence-electron chi connectivity index (χ4n) is 7.36. The van der Waals surface area contributed by atoms with Crippen molar-refractivity contribution in [1.29, 1.82) is 0 Å². The Balaban J connectivity index is 1.29. The lowest BCUT2D eigenvalue weighted by Gasteiger charge is -2.15. The van der Waals surface area contributed by atoms with Crippen molar-refractivity contribution < 1.29 is 0 Å². The largest absolute Gasteiger partial charge is 0.309 e. The minimum absolute atomic E-state index is 0.723. The summed E-state index contributed by atoms with van der Waals surface area (Å²) in [6.45, 7) is 0. The summed E-state index contributed by atoms with van der Waals surface area (Å²) in [5.74, 6) is 0.723. The van der Waals surface area contributed by atoms with Crippen LogP contribution < -0.4 is 0 Å². The highest BCUT2D eigenvalue weighted by atomic mass is 32.1. The predicted molar refractivity (Wildman–Crippen MR) is 211 cm³/mol. The van der Waals surface area contributed by atoms with Crippen molar-refractivity contribution in [3.63, 3.8) is 0 Å². The van der Waals surface area contributed by atoms with E-state index in [1.165, 1.54) is 42.0 Å². The third-order valence-corrected chi connectivity index (χ3v) is 10.8. The van der Waals surface area contributed by atoms with Gasteiger partial charge < -0.3 is 4.57 Å². The van der Waals surface area contributed by atoms with Crippen molar-refractivity contribution in [3.05, 3.63) is 176 Å². The Morgan fingerprint density at radius 2 is 1.02 bits per heavy atom. The van der Waals surface area contributed by atoms with Crippen LogP contribution in [0.1, 0.15) is 0 Å². The van der Waals surface area contributed by atoms with E-state index in [2.05, 4.69) is 168 Å². The molecule has 0 saturated heterocycles. The molecule has 0 N–H and O–H groups in total. The topological polar surface area (TPSA) is 30.7 Å². The fourth-order valence-corrected chi connectivity index (χ4v) is 8.47. The monoisotopic (exact) mass is 655 g/mol. The average Bonchev–Trinajstić information content (AvgIpc) is 3.74. The molecule has 0 saturated carbocycles. The summed E-state index contributed by atoms with van der Waals surface area (Å²) in [6, 6.07) is 62.4. The average molecular weight is 656 g/mol. The zero-order valence-corrected chi connectivity index (χ0v) is 27.8. The highest BCUT2D eigenvalue weighted by Gasteiger charge is 2.22. The first-order valence-electron chi connectivity index (χ1n) is 16.8. The molecular formula is C46H29N3S. The van der Waals surface area contributed by atoms with Gasteiger partial charge in [-0.1, -0.05) is 127 Å². The summed E-state index contributed by atoms with van der Waals surface area (Å²) in [5.41, 5.74) is 10.8. The first-order valence-corrected chi connectivity index (χ1v) is 17.7. The van der Waals surface area contributed by atoms with E-state index < -0.39 is 0 Å². The minimum Gasteiger partial charge on any atom is -0.309 e. The van der Waals surface area contributed by atoms with Gasteiger partial charge in [-0.25, -0.2) is 9.97 Å². The van der Waals surface area contributed by atoms with Gasteiger partial charge in [0.15, 0.2) is 5.82 Å². The van der Waals surface area contributed by atoms with E-state index in [0.717, 1.165) is 50.7 Å². The van der Waals surface area contributed by atoms with E-state index in [9.17, 15) is 0 Å². The summed E-state index contributed by atoms with van der Waals surface area (Å²) < 4.78 is 4.84. The van der Waals surface area contributed by atoms with Crippen LogP contribution in [0.5, 0.6) is 0 Å². The molecule has 0 fully saturated rings. The number of hydrogen-bond acceptors (Lipinski definition) is 3. The van der Waals surface area contributed by atoms with Gasteiger partial charge in [0, 0.05) is 53.3 Å². The number of aromatic nitrogens is 3. The van der Waals surface area contributed by atoms with E-state index in [1.54, 1.807) is 0 Å². The van der Waals surface area contributed by atoms with Crippen LogP contribution >= 0.6 is 11.3 Å². The van der Waals surface area contributed by atoms with Crippen molar-refractivity contribution in [3.8, 4) is 50.7 Å². The maximum atomic E-state index is 5.37. The van der Waals surface area contributed by atoms with Crippen molar-refractivity contribution in [1.82, 2.24) is 14.5 Å². The van der Waals surface area contributed by atoms with Crippen LogP contribution in [0.3, 0.4) is 0 Å². The molecule has 0 radical (unpaired) electrons. The van der Waals surface area contributed by atoms with Gasteiger partial charge in [0.1, 0.15) is 0 Å². The molecule has 0 aliphatic heterocycles.